The molecule has 3 heteroatoms. The topological polar surface area (TPSA) is 49.5 Å². The number of nitrogens with zero attached hydrogens (tertiary/aromatic N) is 1. The lowest BCUT2D eigenvalue weighted by Crippen LogP contribution is -2.36. The Morgan fingerprint density at radius 2 is 2.08 bits per heavy atom. The average Bonchev–Trinajstić information content (AvgIpc) is 2.03. The normalized spacial score (nSPS) is 16.5. The van der Waals surface area contributed by atoms with Gasteiger partial charge in [-0.3, -0.25) is 0 Å². The van der Waals surface area contributed by atoms with Crippen LogP contribution in [-0.4, -0.2) is 42.3 Å². The number of hydrogen-bond acceptors (Lipinski definition) is 3. The lowest BCUT2D eigenvalue weighted by atomic mass is 10.2. The second-order valence-electron chi connectivity index (χ2n) is 3.43. The Morgan fingerprint density at radius 3 is 2.50 bits per heavy atom. The fourth-order valence-electron chi connectivity index (χ4n) is 1.11. The summed E-state index contributed by atoms with van der Waals surface area (Å²) in [5, 5.41) is 9.44. The summed E-state index contributed by atoms with van der Waals surface area (Å²) in [7, 11) is 2.04. The van der Waals surface area contributed by atoms with Crippen LogP contribution in [0.15, 0.2) is 0 Å². The van der Waals surface area contributed by atoms with Crippen molar-refractivity contribution in [3.05, 3.63) is 0 Å². The summed E-state index contributed by atoms with van der Waals surface area (Å²) in [6.07, 6.45) is 1.54. The lowest BCUT2D eigenvalue weighted by molar-refractivity contribution is 0.102. The number of nitrogens with two attached hydrogens (primary N) is 1. The molecule has 2 atom stereocenters. The zero-order valence-electron chi connectivity index (χ0n) is 8.45. The first-order valence-electron chi connectivity index (χ1n) is 4.70. The predicted molar refractivity (Wildman–Crippen MR) is 52.1 cm³/mol. The summed E-state index contributed by atoms with van der Waals surface area (Å²) in [6, 6.07) is 0.539. The SMILES string of the molecule is CCC(C)N(C)CC(O)CCN. The van der Waals surface area contributed by atoms with Crippen molar-refractivity contribution < 1.29 is 5.11 Å². The second kappa shape index (κ2) is 6.40. The Labute approximate surface area is 75.6 Å². The molecule has 0 aliphatic heterocycles. The summed E-state index contributed by atoms with van der Waals surface area (Å²) in [4.78, 5) is 2.17. The van der Waals surface area contributed by atoms with Gasteiger partial charge in [0.2, 0.25) is 0 Å². The van der Waals surface area contributed by atoms with E-state index < -0.39 is 0 Å². The Kier molecular flexibility index (Phi) is 6.34. The quantitative estimate of drug-likeness (QED) is 0.614. The molecule has 0 aromatic carbocycles. The van der Waals surface area contributed by atoms with Gasteiger partial charge in [0.05, 0.1) is 6.10 Å². The number of rotatable bonds is 6. The van der Waals surface area contributed by atoms with Gasteiger partial charge in [0, 0.05) is 12.6 Å². The zero-order valence-corrected chi connectivity index (χ0v) is 8.45. The first-order chi connectivity index (χ1) is 5.61. The van der Waals surface area contributed by atoms with Crippen molar-refractivity contribution in [3.8, 4) is 0 Å². The maximum absolute atomic E-state index is 9.44. The molecule has 0 bridgehead atoms. The summed E-state index contributed by atoms with van der Waals surface area (Å²) in [5.41, 5.74) is 5.34. The van der Waals surface area contributed by atoms with Crippen LogP contribution in [0.3, 0.4) is 0 Å². The third-order valence-corrected chi connectivity index (χ3v) is 2.34. The lowest BCUT2D eigenvalue weighted by Gasteiger charge is -2.25. The number of likely N-dealkylation sites (N-methyl/N-ethyl adjacent to an activating group) is 1. The average molecular weight is 174 g/mol. The highest BCUT2D eigenvalue weighted by Crippen LogP contribution is 2.02. The molecular formula is C9H22N2O. The van der Waals surface area contributed by atoms with Crippen LogP contribution in [-0.2, 0) is 0 Å². The van der Waals surface area contributed by atoms with E-state index in [9.17, 15) is 5.11 Å². The smallest absolute Gasteiger partial charge is 0.0679 e. The minimum Gasteiger partial charge on any atom is -0.392 e. The van der Waals surface area contributed by atoms with E-state index in [4.69, 9.17) is 5.73 Å². The number of aliphatic hydroxyl groups excluding tert-OH is 1. The van der Waals surface area contributed by atoms with Crippen molar-refractivity contribution in [1.82, 2.24) is 4.90 Å². The van der Waals surface area contributed by atoms with Crippen LogP contribution in [0.25, 0.3) is 0 Å². The maximum atomic E-state index is 9.44. The van der Waals surface area contributed by atoms with E-state index in [1.165, 1.54) is 0 Å². The van der Waals surface area contributed by atoms with Crippen molar-refractivity contribution >= 4 is 0 Å². The first kappa shape index (κ1) is 11.9. The Hall–Kier alpha value is -0.120. The van der Waals surface area contributed by atoms with Crippen LogP contribution in [0.2, 0.25) is 0 Å². The van der Waals surface area contributed by atoms with Crippen LogP contribution in [0.4, 0.5) is 0 Å². The van der Waals surface area contributed by atoms with Crippen LogP contribution < -0.4 is 5.73 Å². The molecule has 0 rings (SSSR count). The molecule has 3 N–H and O–H groups in total. The molecular weight excluding hydrogens is 152 g/mol. The molecule has 74 valence electrons. The van der Waals surface area contributed by atoms with Crippen molar-refractivity contribution in [2.45, 2.75) is 38.8 Å². The zero-order chi connectivity index (χ0) is 9.56. The van der Waals surface area contributed by atoms with Gasteiger partial charge in [0.1, 0.15) is 0 Å². The number of aliphatic hydroxyl groups is 1. The molecule has 0 heterocycles. The third kappa shape index (κ3) is 4.70. The molecule has 0 amide bonds. The minimum atomic E-state index is -0.269. The van der Waals surface area contributed by atoms with Gasteiger partial charge < -0.3 is 15.7 Å². The standard InChI is InChI=1S/C9H22N2O/c1-4-8(2)11(3)7-9(12)5-6-10/h8-9,12H,4-7,10H2,1-3H3. The highest BCUT2D eigenvalue weighted by atomic mass is 16.3. The molecule has 3 nitrogen and oxygen atoms in total. The Morgan fingerprint density at radius 1 is 1.50 bits per heavy atom. The fourth-order valence-corrected chi connectivity index (χ4v) is 1.11. The van der Waals surface area contributed by atoms with Crippen LogP contribution in [0, 0.1) is 0 Å². The molecule has 0 aliphatic rings. The van der Waals surface area contributed by atoms with Crippen LogP contribution in [0.5, 0.6) is 0 Å². The molecule has 2 unspecified atom stereocenters. The van der Waals surface area contributed by atoms with Gasteiger partial charge in [-0.05, 0) is 33.4 Å². The van der Waals surface area contributed by atoms with E-state index in [0.717, 1.165) is 13.0 Å². The van der Waals surface area contributed by atoms with Gasteiger partial charge in [0.25, 0.3) is 0 Å². The van der Waals surface area contributed by atoms with Crippen molar-refractivity contribution in [2.24, 2.45) is 5.73 Å². The maximum Gasteiger partial charge on any atom is 0.0679 e. The first-order valence-corrected chi connectivity index (χ1v) is 4.70. The van der Waals surface area contributed by atoms with Crippen molar-refractivity contribution in [1.29, 1.82) is 0 Å². The molecule has 0 saturated heterocycles. The van der Waals surface area contributed by atoms with E-state index in [1.54, 1.807) is 0 Å². The Bertz CT molecular complexity index is 109. The van der Waals surface area contributed by atoms with Gasteiger partial charge in [-0.25, -0.2) is 0 Å². The fraction of sp³-hybridized carbons (Fsp3) is 1.00. The van der Waals surface area contributed by atoms with Gasteiger partial charge >= 0.3 is 0 Å². The summed E-state index contributed by atoms with van der Waals surface area (Å²) < 4.78 is 0. The van der Waals surface area contributed by atoms with E-state index in [2.05, 4.69) is 18.7 Å². The summed E-state index contributed by atoms with van der Waals surface area (Å²) in [5.74, 6) is 0. The van der Waals surface area contributed by atoms with Crippen LogP contribution in [0.1, 0.15) is 26.7 Å². The van der Waals surface area contributed by atoms with E-state index in [-0.39, 0.29) is 6.10 Å². The van der Waals surface area contributed by atoms with E-state index in [0.29, 0.717) is 19.0 Å². The predicted octanol–water partition coefficient (Wildman–Crippen LogP) is 0.426. The molecule has 0 aromatic rings. The summed E-state index contributed by atoms with van der Waals surface area (Å²) >= 11 is 0. The van der Waals surface area contributed by atoms with E-state index >= 15 is 0 Å². The molecule has 0 radical (unpaired) electrons. The summed E-state index contributed by atoms with van der Waals surface area (Å²) in [6.45, 7) is 5.60. The molecule has 0 fully saturated rings. The van der Waals surface area contributed by atoms with Gasteiger partial charge in [-0.2, -0.15) is 0 Å². The number of hydrogen-bond donors (Lipinski definition) is 2. The van der Waals surface area contributed by atoms with E-state index in [1.807, 2.05) is 7.05 Å². The highest BCUT2D eigenvalue weighted by Gasteiger charge is 2.11. The Balaban J connectivity index is 3.59. The van der Waals surface area contributed by atoms with Crippen molar-refractivity contribution in [2.75, 3.05) is 20.1 Å². The molecule has 0 spiro atoms. The third-order valence-electron chi connectivity index (χ3n) is 2.34. The monoisotopic (exact) mass is 174 g/mol. The highest BCUT2D eigenvalue weighted by molar-refractivity contribution is 4.66. The minimum absolute atomic E-state index is 0.269. The molecule has 0 aliphatic carbocycles. The molecule has 0 aromatic heterocycles. The molecule has 12 heavy (non-hydrogen) atoms. The molecule has 0 saturated carbocycles. The van der Waals surface area contributed by atoms with Gasteiger partial charge in [-0.15, -0.1) is 0 Å². The van der Waals surface area contributed by atoms with Gasteiger partial charge in [0.15, 0.2) is 0 Å². The largest absolute Gasteiger partial charge is 0.392 e. The van der Waals surface area contributed by atoms with Crippen LogP contribution >= 0.6 is 0 Å². The van der Waals surface area contributed by atoms with Gasteiger partial charge in [-0.1, -0.05) is 6.92 Å². The second-order valence-corrected chi connectivity index (χ2v) is 3.43. The van der Waals surface area contributed by atoms with Crippen molar-refractivity contribution in [3.63, 3.8) is 0 Å².